The number of carbonyl (C=O) groups is 1. The number of carbonyl (C=O) groups excluding carboxylic acids is 1. The Kier molecular flexibility index (Phi) is 5.22. The molecule has 3 aromatic rings. The number of imidazole rings is 1. The van der Waals surface area contributed by atoms with Crippen molar-refractivity contribution < 1.29 is 9.53 Å². The predicted octanol–water partition coefficient (Wildman–Crippen LogP) is 4.18. The van der Waals surface area contributed by atoms with E-state index < -0.39 is 0 Å². The van der Waals surface area contributed by atoms with Crippen molar-refractivity contribution in [2.45, 2.75) is 45.4 Å². The van der Waals surface area contributed by atoms with Gasteiger partial charge >= 0.3 is 0 Å². The number of aromatic nitrogens is 3. The summed E-state index contributed by atoms with van der Waals surface area (Å²) >= 11 is 6.27. The van der Waals surface area contributed by atoms with Gasteiger partial charge in [0.15, 0.2) is 0 Å². The highest BCUT2D eigenvalue weighted by Gasteiger charge is 2.30. The van der Waals surface area contributed by atoms with Crippen molar-refractivity contribution in [3.05, 3.63) is 53.4 Å². The van der Waals surface area contributed by atoms with Crippen molar-refractivity contribution in [3.8, 4) is 5.88 Å². The van der Waals surface area contributed by atoms with E-state index in [4.69, 9.17) is 16.3 Å². The van der Waals surface area contributed by atoms with Gasteiger partial charge < -0.3 is 14.2 Å². The van der Waals surface area contributed by atoms with Gasteiger partial charge in [0.2, 0.25) is 5.88 Å². The van der Waals surface area contributed by atoms with E-state index in [1.165, 1.54) is 0 Å². The second-order valence-electron chi connectivity index (χ2n) is 7.36. The number of para-hydroxylation sites is 2. The zero-order valence-electron chi connectivity index (χ0n) is 16.0. The SMILES string of the molecule is CC(C)Oc1ncc(C(=O)N2CCCC2Cn2cnc3ccccc32)cc1Cl. The minimum atomic E-state index is -0.0441. The van der Waals surface area contributed by atoms with Crippen LogP contribution in [-0.4, -0.2) is 44.0 Å². The van der Waals surface area contributed by atoms with Crippen LogP contribution in [0.5, 0.6) is 5.88 Å². The Hall–Kier alpha value is -2.60. The number of amides is 1. The number of ether oxygens (including phenoxy) is 1. The summed E-state index contributed by atoms with van der Waals surface area (Å²) < 4.78 is 7.68. The Balaban J connectivity index is 1.53. The summed E-state index contributed by atoms with van der Waals surface area (Å²) in [6, 6.07) is 9.81. The molecular formula is C21H23ClN4O2. The molecule has 1 unspecified atom stereocenters. The molecule has 28 heavy (non-hydrogen) atoms. The number of benzene rings is 1. The zero-order chi connectivity index (χ0) is 19.7. The van der Waals surface area contributed by atoms with E-state index in [2.05, 4.69) is 20.6 Å². The number of halogens is 1. The van der Waals surface area contributed by atoms with Gasteiger partial charge in [-0.15, -0.1) is 0 Å². The van der Waals surface area contributed by atoms with E-state index in [0.717, 1.165) is 37.0 Å². The van der Waals surface area contributed by atoms with Crippen molar-refractivity contribution in [2.75, 3.05) is 6.54 Å². The highest BCUT2D eigenvalue weighted by atomic mass is 35.5. The lowest BCUT2D eigenvalue weighted by atomic mass is 10.2. The van der Waals surface area contributed by atoms with Crippen molar-refractivity contribution in [1.29, 1.82) is 0 Å². The van der Waals surface area contributed by atoms with Gasteiger partial charge in [0.25, 0.3) is 5.91 Å². The fourth-order valence-corrected chi connectivity index (χ4v) is 3.90. The number of rotatable bonds is 5. The number of hydrogen-bond donors (Lipinski definition) is 0. The maximum Gasteiger partial charge on any atom is 0.255 e. The summed E-state index contributed by atoms with van der Waals surface area (Å²) in [5.41, 5.74) is 2.54. The zero-order valence-corrected chi connectivity index (χ0v) is 16.8. The minimum Gasteiger partial charge on any atom is -0.474 e. The van der Waals surface area contributed by atoms with Crippen LogP contribution in [0.25, 0.3) is 11.0 Å². The smallest absolute Gasteiger partial charge is 0.255 e. The Bertz CT molecular complexity index is 1000. The van der Waals surface area contributed by atoms with Crippen molar-refractivity contribution in [3.63, 3.8) is 0 Å². The molecule has 4 rings (SSSR count). The molecule has 2 aromatic heterocycles. The molecule has 146 valence electrons. The highest BCUT2D eigenvalue weighted by Crippen LogP contribution is 2.27. The average Bonchev–Trinajstić information content (AvgIpc) is 3.30. The van der Waals surface area contributed by atoms with Crippen LogP contribution in [-0.2, 0) is 6.54 Å². The third-order valence-corrected chi connectivity index (χ3v) is 5.25. The fraction of sp³-hybridized carbons (Fsp3) is 0.381. The summed E-state index contributed by atoms with van der Waals surface area (Å²) in [6.45, 7) is 5.28. The molecular weight excluding hydrogens is 376 g/mol. The normalized spacial score (nSPS) is 16.9. The minimum absolute atomic E-state index is 0.0282. The van der Waals surface area contributed by atoms with Crippen molar-refractivity contribution in [2.24, 2.45) is 0 Å². The van der Waals surface area contributed by atoms with Crippen molar-refractivity contribution in [1.82, 2.24) is 19.4 Å². The first-order valence-corrected chi connectivity index (χ1v) is 9.94. The van der Waals surface area contributed by atoms with E-state index in [-0.39, 0.29) is 18.1 Å². The van der Waals surface area contributed by atoms with Crippen molar-refractivity contribution >= 4 is 28.5 Å². The molecule has 0 bridgehead atoms. The number of hydrogen-bond acceptors (Lipinski definition) is 4. The molecule has 1 fully saturated rings. The Labute approximate surface area is 169 Å². The van der Waals surface area contributed by atoms with Gasteiger partial charge in [0.05, 0.1) is 35.1 Å². The van der Waals surface area contributed by atoms with Crippen LogP contribution in [0.3, 0.4) is 0 Å². The summed E-state index contributed by atoms with van der Waals surface area (Å²) in [5.74, 6) is 0.313. The molecule has 0 saturated carbocycles. The Morgan fingerprint density at radius 3 is 2.93 bits per heavy atom. The topological polar surface area (TPSA) is 60.2 Å². The molecule has 0 spiro atoms. The summed E-state index contributed by atoms with van der Waals surface area (Å²) in [5, 5.41) is 0.357. The maximum absolute atomic E-state index is 13.1. The second-order valence-corrected chi connectivity index (χ2v) is 7.77. The maximum atomic E-state index is 13.1. The van der Waals surface area contributed by atoms with Crippen LogP contribution < -0.4 is 4.74 Å². The van der Waals surface area contributed by atoms with Gasteiger partial charge in [-0.25, -0.2) is 9.97 Å². The summed E-state index contributed by atoms with van der Waals surface area (Å²) in [6.07, 6.45) is 5.32. The lowest BCUT2D eigenvalue weighted by molar-refractivity contribution is 0.0724. The third-order valence-electron chi connectivity index (χ3n) is 4.97. The van der Waals surface area contributed by atoms with Crippen LogP contribution in [0.2, 0.25) is 5.02 Å². The Morgan fingerprint density at radius 2 is 2.14 bits per heavy atom. The van der Waals surface area contributed by atoms with E-state index in [9.17, 15) is 4.79 Å². The van der Waals surface area contributed by atoms with Crippen LogP contribution in [0.4, 0.5) is 0 Å². The molecule has 0 N–H and O–H groups in total. The molecule has 1 atom stereocenters. The quantitative estimate of drug-likeness (QED) is 0.647. The predicted molar refractivity (Wildman–Crippen MR) is 109 cm³/mol. The first kappa shape index (κ1) is 18.7. The molecule has 1 saturated heterocycles. The van der Waals surface area contributed by atoms with E-state index in [0.29, 0.717) is 16.5 Å². The molecule has 1 aliphatic heterocycles. The number of nitrogens with zero attached hydrogens (tertiary/aromatic N) is 4. The largest absolute Gasteiger partial charge is 0.474 e. The van der Waals surface area contributed by atoms with Crippen LogP contribution in [0, 0.1) is 0 Å². The summed E-state index contributed by atoms with van der Waals surface area (Å²) in [4.78, 5) is 23.7. The lowest BCUT2D eigenvalue weighted by Crippen LogP contribution is -2.38. The van der Waals surface area contributed by atoms with Gasteiger partial charge in [-0.3, -0.25) is 4.79 Å². The molecule has 0 aliphatic carbocycles. The average molecular weight is 399 g/mol. The Morgan fingerprint density at radius 1 is 1.32 bits per heavy atom. The number of fused-ring (bicyclic) bond motifs is 1. The molecule has 1 aromatic carbocycles. The van der Waals surface area contributed by atoms with Gasteiger partial charge in [-0.05, 0) is 44.9 Å². The molecule has 6 nitrogen and oxygen atoms in total. The molecule has 1 amide bonds. The molecule has 3 heterocycles. The summed E-state index contributed by atoms with van der Waals surface area (Å²) in [7, 11) is 0. The highest BCUT2D eigenvalue weighted by molar-refractivity contribution is 6.32. The first-order valence-electron chi connectivity index (χ1n) is 9.56. The molecule has 7 heteroatoms. The third kappa shape index (κ3) is 3.69. The monoisotopic (exact) mass is 398 g/mol. The number of pyridine rings is 1. The molecule has 0 radical (unpaired) electrons. The van der Waals surface area contributed by atoms with Gasteiger partial charge in [0, 0.05) is 19.3 Å². The standard InChI is InChI=1S/C21H23ClN4O2/c1-14(2)28-20-17(22)10-15(11-23-20)21(27)26-9-5-6-16(26)12-25-13-24-18-7-3-4-8-19(18)25/h3-4,7-8,10-11,13-14,16H,5-6,9,12H2,1-2H3. The second kappa shape index (κ2) is 7.80. The molecule has 1 aliphatic rings. The number of likely N-dealkylation sites (tertiary alicyclic amines) is 1. The van der Waals surface area contributed by atoms with Gasteiger partial charge in [-0.1, -0.05) is 23.7 Å². The van der Waals surface area contributed by atoms with Gasteiger partial charge in [0.1, 0.15) is 5.02 Å². The van der Waals surface area contributed by atoms with Crippen LogP contribution >= 0.6 is 11.6 Å². The van der Waals surface area contributed by atoms with E-state index in [1.807, 2.05) is 43.3 Å². The van der Waals surface area contributed by atoms with Crippen LogP contribution in [0.1, 0.15) is 37.0 Å². The van der Waals surface area contributed by atoms with Crippen LogP contribution in [0.15, 0.2) is 42.9 Å². The van der Waals surface area contributed by atoms with E-state index >= 15 is 0 Å². The fourth-order valence-electron chi connectivity index (χ4n) is 3.69. The first-order chi connectivity index (χ1) is 13.5. The lowest BCUT2D eigenvalue weighted by Gasteiger charge is -2.25. The van der Waals surface area contributed by atoms with Gasteiger partial charge in [-0.2, -0.15) is 0 Å². The van der Waals surface area contributed by atoms with E-state index in [1.54, 1.807) is 12.3 Å².